The Morgan fingerprint density at radius 3 is 1.81 bits per heavy atom. The van der Waals surface area contributed by atoms with Crippen LogP contribution < -0.4 is 4.90 Å². The zero-order valence-corrected chi connectivity index (χ0v) is 12.7. The van der Waals surface area contributed by atoms with Gasteiger partial charge >= 0.3 is 0 Å². The molecule has 1 fully saturated rings. The van der Waals surface area contributed by atoms with Gasteiger partial charge in [-0.2, -0.15) is 0 Å². The van der Waals surface area contributed by atoms with E-state index in [1.54, 1.807) is 6.92 Å². The highest BCUT2D eigenvalue weighted by Gasteiger charge is 2.09. The molecule has 0 atom stereocenters. The van der Waals surface area contributed by atoms with Gasteiger partial charge in [0.05, 0.1) is 0 Å². The predicted octanol–water partition coefficient (Wildman–Crippen LogP) is 4.57. The van der Waals surface area contributed by atoms with E-state index in [-0.39, 0.29) is 5.78 Å². The number of carbonyl (C=O) groups is 1. The molecule has 0 aliphatic carbocycles. The summed E-state index contributed by atoms with van der Waals surface area (Å²) in [7, 11) is 0. The number of anilines is 1. The number of rotatable bonds is 2. The number of hydrogen-bond donors (Lipinski definition) is 0. The average molecular weight is 281 g/mol. The molecule has 0 aromatic heterocycles. The van der Waals surface area contributed by atoms with Crippen LogP contribution in [0.3, 0.4) is 0 Å². The summed E-state index contributed by atoms with van der Waals surface area (Å²) in [6.45, 7) is 4.04. The summed E-state index contributed by atoms with van der Waals surface area (Å²) in [5, 5.41) is 0. The lowest BCUT2D eigenvalue weighted by Crippen LogP contribution is -2.29. The van der Waals surface area contributed by atoms with E-state index in [9.17, 15) is 4.79 Å². The van der Waals surface area contributed by atoms with Crippen molar-refractivity contribution >= 4 is 11.5 Å². The minimum absolute atomic E-state index is 0.121. The Balaban J connectivity index is 0.000000161. The Kier molecular flexibility index (Phi) is 6.01. The first-order valence-corrected chi connectivity index (χ1v) is 7.63. The maximum atomic E-state index is 10.6. The van der Waals surface area contributed by atoms with Crippen LogP contribution in [-0.4, -0.2) is 18.9 Å². The molecule has 1 aliphatic heterocycles. The number of para-hydroxylation sites is 1. The largest absolute Gasteiger partial charge is 0.372 e. The molecule has 2 aromatic rings. The number of Topliss-reactive ketones (excluding diaryl/α,β-unsaturated/α-hetero) is 1. The van der Waals surface area contributed by atoms with Gasteiger partial charge in [-0.3, -0.25) is 4.79 Å². The molecule has 0 radical (unpaired) electrons. The van der Waals surface area contributed by atoms with Crippen LogP contribution in [0.15, 0.2) is 60.7 Å². The van der Waals surface area contributed by atoms with Crippen molar-refractivity contribution < 1.29 is 4.79 Å². The van der Waals surface area contributed by atoms with Crippen LogP contribution in [0, 0.1) is 0 Å². The first-order valence-electron chi connectivity index (χ1n) is 7.63. The molecule has 1 saturated heterocycles. The van der Waals surface area contributed by atoms with Gasteiger partial charge in [-0.15, -0.1) is 0 Å². The van der Waals surface area contributed by atoms with E-state index < -0.39 is 0 Å². The maximum absolute atomic E-state index is 10.6. The van der Waals surface area contributed by atoms with Crippen molar-refractivity contribution in [1.29, 1.82) is 0 Å². The van der Waals surface area contributed by atoms with Crippen molar-refractivity contribution in [2.45, 2.75) is 26.2 Å². The molecule has 0 bridgehead atoms. The van der Waals surface area contributed by atoms with Crippen LogP contribution in [0.2, 0.25) is 0 Å². The molecule has 2 nitrogen and oxygen atoms in total. The second-order valence-electron chi connectivity index (χ2n) is 5.31. The van der Waals surface area contributed by atoms with Crippen molar-refractivity contribution in [3.63, 3.8) is 0 Å². The van der Waals surface area contributed by atoms with Gasteiger partial charge < -0.3 is 4.90 Å². The number of hydrogen-bond acceptors (Lipinski definition) is 2. The lowest BCUT2D eigenvalue weighted by atomic mass is 10.1. The van der Waals surface area contributed by atoms with Crippen molar-refractivity contribution in [1.82, 2.24) is 0 Å². The van der Waals surface area contributed by atoms with Gasteiger partial charge in [-0.1, -0.05) is 48.5 Å². The number of benzene rings is 2. The summed E-state index contributed by atoms with van der Waals surface area (Å²) < 4.78 is 0. The second-order valence-corrected chi connectivity index (χ2v) is 5.31. The molecule has 2 aromatic carbocycles. The molecule has 0 saturated carbocycles. The van der Waals surface area contributed by atoms with Gasteiger partial charge in [-0.05, 0) is 38.3 Å². The maximum Gasteiger partial charge on any atom is 0.159 e. The van der Waals surface area contributed by atoms with Gasteiger partial charge in [-0.25, -0.2) is 0 Å². The van der Waals surface area contributed by atoms with Crippen LogP contribution in [-0.2, 0) is 0 Å². The first kappa shape index (κ1) is 15.3. The van der Waals surface area contributed by atoms with Crippen molar-refractivity contribution in [2.24, 2.45) is 0 Å². The molecule has 3 rings (SSSR count). The normalized spacial score (nSPS) is 14.0. The Bertz CT molecular complexity index is 530. The topological polar surface area (TPSA) is 20.3 Å². The fourth-order valence-corrected chi connectivity index (χ4v) is 2.46. The summed E-state index contributed by atoms with van der Waals surface area (Å²) in [6, 6.07) is 19.9. The summed E-state index contributed by atoms with van der Waals surface area (Å²) in [5.41, 5.74) is 2.16. The van der Waals surface area contributed by atoms with Crippen molar-refractivity contribution in [2.75, 3.05) is 18.0 Å². The molecule has 1 aliphatic rings. The van der Waals surface area contributed by atoms with E-state index in [1.807, 2.05) is 30.3 Å². The highest BCUT2D eigenvalue weighted by molar-refractivity contribution is 5.93. The Morgan fingerprint density at radius 2 is 1.33 bits per heavy atom. The molecule has 0 amide bonds. The molecular formula is C19H23NO. The first-order chi connectivity index (χ1) is 10.3. The van der Waals surface area contributed by atoms with Gasteiger partial charge in [0.1, 0.15) is 0 Å². The fraction of sp³-hybridized carbons (Fsp3) is 0.316. The quantitative estimate of drug-likeness (QED) is 0.752. The molecule has 0 N–H and O–H groups in total. The van der Waals surface area contributed by atoms with Gasteiger partial charge in [0, 0.05) is 24.3 Å². The second kappa shape index (κ2) is 8.25. The highest BCUT2D eigenvalue weighted by Crippen LogP contribution is 2.18. The highest BCUT2D eigenvalue weighted by atomic mass is 16.1. The zero-order valence-electron chi connectivity index (χ0n) is 12.7. The number of piperidine rings is 1. The minimum Gasteiger partial charge on any atom is -0.372 e. The van der Waals surface area contributed by atoms with Gasteiger partial charge in [0.15, 0.2) is 5.78 Å². The smallest absolute Gasteiger partial charge is 0.159 e. The molecule has 1 heterocycles. The van der Waals surface area contributed by atoms with Crippen LogP contribution in [0.4, 0.5) is 5.69 Å². The number of ketones is 1. The molecule has 110 valence electrons. The van der Waals surface area contributed by atoms with Crippen LogP contribution in [0.5, 0.6) is 0 Å². The average Bonchev–Trinajstić information content (AvgIpc) is 2.58. The van der Waals surface area contributed by atoms with Gasteiger partial charge in [0.2, 0.25) is 0 Å². The summed E-state index contributed by atoms with van der Waals surface area (Å²) in [6.07, 6.45) is 4.12. The summed E-state index contributed by atoms with van der Waals surface area (Å²) in [5.74, 6) is 0.121. The summed E-state index contributed by atoms with van der Waals surface area (Å²) >= 11 is 0. The summed E-state index contributed by atoms with van der Waals surface area (Å²) in [4.78, 5) is 13.1. The lowest BCUT2D eigenvalue weighted by Gasteiger charge is -2.28. The van der Waals surface area contributed by atoms with Crippen molar-refractivity contribution in [3.05, 3.63) is 66.2 Å². The Morgan fingerprint density at radius 1 is 0.810 bits per heavy atom. The molecule has 0 spiro atoms. The SMILES string of the molecule is CC(=O)c1ccccc1.c1ccc(N2CCCCC2)cc1. The van der Waals surface area contributed by atoms with E-state index in [0.29, 0.717) is 0 Å². The molecule has 0 unspecified atom stereocenters. The van der Waals surface area contributed by atoms with Crippen LogP contribution >= 0.6 is 0 Å². The monoisotopic (exact) mass is 281 g/mol. The minimum atomic E-state index is 0.121. The van der Waals surface area contributed by atoms with Crippen LogP contribution in [0.1, 0.15) is 36.5 Å². The molecular weight excluding hydrogens is 258 g/mol. The van der Waals surface area contributed by atoms with E-state index in [1.165, 1.54) is 38.0 Å². The molecule has 2 heteroatoms. The fourth-order valence-electron chi connectivity index (χ4n) is 2.46. The Labute approximate surface area is 127 Å². The third-order valence-corrected chi connectivity index (χ3v) is 3.66. The van der Waals surface area contributed by atoms with E-state index in [2.05, 4.69) is 35.2 Å². The van der Waals surface area contributed by atoms with E-state index >= 15 is 0 Å². The standard InChI is InChI=1S/C11H15N.C8H8O/c1-3-7-11(8-4-1)12-9-5-2-6-10-12;1-7(9)8-5-3-2-4-6-8/h1,3-4,7-8H,2,5-6,9-10H2;2-6H,1H3. The Hall–Kier alpha value is -2.09. The number of carbonyl (C=O) groups excluding carboxylic acids is 1. The van der Waals surface area contributed by atoms with E-state index in [4.69, 9.17) is 0 Å². The molecule has 21 heavy (non-hydrogen) atoms. The van der Waals surface area contributed by atoms with E-state index in [0.717, 1.165) is 5.56 Å². The third-order valence-electron chi connectivity index (χ3n) is 3.66. The zero-order chi connectivity index (χ0) is 14.9. The number of nitrogens with zero attached hydrogens (tertiary/aromatic N) is 1. The predicted molar refractivity (Wildman–Crippen MR) is 89.0 cm³/mol. The van der Waals surface area contributed by atoms with Crippen molar-refractivity contribution in [3.8, 4) is 0 Å². The third kappa shape index (κ3) is 5.07. The lowest BCUT2D eigenvalue weighted by molar-refractivity contribution is 0.101. The van der Waals surface area contributed by atoms with Gasteiger partial charge in [0.25, 0.3) is 0 Å². The van der Waals surface area contributed by atoms with Crippen LogP contribution in [0.25, 0.3) is 0 Å².